The van der Waals surface area contributed by atoms with Crippen molar-refractivity contribution < 1.29 is 9.84 Å². The maximum absolute atomic E-state index is 10.7. The van der Waals surface area contributed by atoms with Crippen molar-refractivity contribution in [2.45, 2.75) is 23.5 Å². The van der Waals surface area contributed by atoms with E-state index in [9.17, 15) is 5.11 Å². The molecule has 17 heavy (non-hydrogen) atoms. The number of benzene rings is 1. The molecule has 1 saturated heterocycles. The fraction of sp³-hybridized carbons (Fsp3) is 0.538. The standard InChI is InChI=1S/C13H18O2S2/c1-13(14,12-16-8-3-9-17-12)10-4-6-11(15-2)7-5-10/h4-7,12,14H,3,8-9H2,1-2H3. The molecule has 94 valence electrons. The third kappa shape index (κ3) is 2.92. The highest BCUT2D eigenvalue weighted by molar-refractivity contribution is 8.17. The van der Waals surface area contributed by atoms with Crippen LogP contribution in [0.2, 0.25) is 0 Å². The molecule has 0 amide bonds. The van der Waals surface area contributed by atoms with E-state index in [2.05, 4.69) is 0 Å². The van der Waals surface area contributed by atoms with Crippen LogP contribution in [-0.4, -0.2) is 28.3 Å². The van der Waals surface area contributed by atoms with Crippen molar-refractivity contribution in [1.29, 1.82) is 0 Å². The van der Waals surface area contributed by atoms with Crippen LogP contribution in [0.25, 0.3) is 0 Å². The Balaban J connectivity index is 2.17. The second kappa shape index (κ2) is 5.55. The molecule has 0 saturated carbocycles. The third-order valence-electron chi connectivity index (χ3n) is 2.96. The van der Waals surface area contributed by atoms with Gasteiger partial charge in [-0.05, 0) is 42.5 Å². The van der Waals surface area contributed by atoms with Crippen LogP contribution in [0.5, 0.6) is 5.75 Å². The van der Waals surface area contributed by atoms with Crippen molar-refractivity contribution in [3.63, 3.8) is 0 Å². The van der Waals surface area contributed by atoms with Crippen molar-refractivity contribution >= 4 is 23.5 Å². The van der Waals surface area contributed by atoms with Gasteiger partial charge in [-0.25, -0.2) is 0 Å². The molecule has 0 spiro atoms. The fourth-order valence-corrected chi connectivity index (χ4v) is 4.99. The number of rotatable bonds is 3. The number of thioether (sulfide) groups is 2. The molecule has 1 unspecified atom stereocenters. The quantitative estimate of drug-likeness (QED) is 0.914. The van der Waals surface area contributed by atoms with Gasteiger partial charge < -0.3 is 9.84 Å². The summed E-state index contributed by atoms with van der Waals surface area (Å²) in [5, 5.41) is 10.7. The highest BCUT2D eigenvalue weighted by Crippen LogP contribution is 2.43. The summed E-state index contributed by atoms with van der Waals surface area (Å²) in [7, 11) is 1.65. The molecule has 1 aliphatic rings. The van der Waals surface area contributed by atoms with E-state index in [1.54, 1.807) is 7.11 Å². The van der Waals surface area contributed by atoms with Gasteiger partial charge in [0.25, 0.3) is 0 Å². The number of aliphatic hydroxyl groups is 1. The van der Waals surface area contributed by atoms with Crippen molar-refractivity contribution in [2.24, 2.45) is 0 Å². The van der Waals surface area contributed by atoms with E-state index >= 15 is 0 Å². The SMILES string of the molecule is COc1ccc(C(C)(O)C2SCCCS2)cc1. The average molecular weight is 270 g/mol. The monoisotopic (exact) mass is 270 g/mol. The molecule has 0 aromatic heterocycles. The molecule has 2 nitrogen and oxygen atoms in total. The molecule has 2 rings (SSSR count). The van der Waals surface area contributed by atoms with E-state index < -0.39 is 5.60 Å². The Morgan fingerprint density at radius 1 is 1.24 bits per heavy atom. The van der Waals surface area contributed by atoms with Gasteiger partial charge in [0, 0.05) is 0 Å². The summed E-state index contributed by atoms with van der Waals surface area (Å²) >= 11 is 3.71. The number of hydrogen-bond acceptors (Lipinski definition) is 4. The van der Waals surface area contributed by atoms with Crippen LogP contribution >= 0.6 is 23.5 Å². The lowest BCUT2D eigenvalue weighted by Crippen LogP contribution is -2.34. The molecular weight excluding hydrogens is 252 g/mol. The molecule has 1 fully saturated rings. The average Bonchev–Trinajstić information content (AvgIpc) is 2.40. The molecule has 1 aromatic rings. The van der Waals surface area contributed by atoms with Gasteiger partial charge in [-0.15, -0.1) is 23.5 Å². The smallest absolute Gasteiger partial charge is 0.118 e. The summed E-state index contributed by atoms with van der Waals surface area (Å²) in [6.07, 6.45) is 1.24. The van der Waals surface area contributed by atoms with E-state index in [4.69, 9.17) is 4.74 Å². The summed E-state index contributed by atoms with van der Waals surface area (Å²) in [5.41, 5.74) is 0.187. The van der Waals surface area contributed by atoms with Crippen LogP contribution in [0.1, 0.15) is 18.9 Å². The van der Waals surface area contributed by atoms with Gasteiger partial charge >= 0.3 is 0 Å². The van der Waals surface area contributed by atoms with E-state index in [-0.39, 0.29) is 4.58 Å². The largest absolute Gasteiger partial charge is 0.497 e. The van der Waals surface area contributed by atoms with Crippen LogP contribution in [0.4, 0.5) is 0 Å². The molecule has 1 aromatic carbocycles. The molecule has 1 heterocycles. The lowest BCUT2D eigenvalue weighted by Gasteiger charge is -2.34. The Hall–Kier alpha value is -0.320. The van der Waals surface area contributed by atoms with E-state index in [1.807, 2.05) is 54.7 Å². The molecule has 1 N–H and O–H groups in total. The highest BCUT2D eigenvalue weighted by Gasteiger charge is 2.35. The van der Waals surface area contributed by atoms with Gasteiger partial charge in [-0.2, -0.15) is 0 Å². The summed E-state index contributed by atoms with van der Waals surface area (Å²) in [5.74, 6) is 3.11. The highest BCUT2D eigenvalue weighted by atomic mass is 32.2. The molecule has 1 aliphatic heterocycles. The zero-order valence-electron chi connectivity index (χ0n) is 10.2. The minimum Gasteiger partial charge on any atom is -0.497 e. The molecular formula is C13H18O2S2. The lowest BCUT2D eigenvalue weighted by molar-refractivity contribution is 0.0754. The summed E-state index contributed by atoms with van der Waals surface area (Å²) in [6.45, 7) is 1.91. The van der Waals surface area contributed by atoms with Crippen molar-refractivity contribution in [2.75, 3.05) is 18.6 Å². The Labute approximate surface area is 111 Å². The topological polar surface area (TPSA) is 29.5 Å². The molecule has 0 radical (unpaired) electrons. The zero-order chi connectivity index (χ0) is 12.3. The Morgan fingerprint density at radius 2 is 1.82 bits per heavy atom. The maximum Gasteiger partial charge on any atom is 0.118 e. The van der Waals surface area contributed by atoms with Crippen LogP contribution in [0.15, 0.2) is 24.3 Å². The molecule has 0 aliphatic carbocycles. The van der Waals surface area contributed by atoms with Crippen molar-refractivity contribution in [1.82, 2.24) is 0 Å². The van der Waals surface area contributed by atoms with Gasteiger partial charge in [0.2, 0.25) is 0 Å². The van der Waals surface area contributed by atoms with Crippen LogP contribution in [0.3, 0.4) is 0 Å². The maximum atomic E-state index is 10.7. The van der Waals surface area contributed by atoms with E-state index in [0.717, 1.165) is 22.8 Å². The third-order valence-corrected chi connectivity index (χ3v) is 6.35. The van der Waals surface area contributed by atoms with Crippen molar-refractivity contribution in [3.8, 4) is 5.75 Å². The minimum atomic E-state index is -0.776. The molecule has 4 heteroatoms. The van der Waals surface area contributed by atoms with Gasteiger partial charge in [0.1, 0.15) is 11.4 Å². The summed E-state index contributed by atoms with van der Waals surface area (Å²) in [4.78, 5) is 0. The van der Waals surface area contributed by atoms with Crippen LogP contribution < -0.4 is 4.74 Å². The normalized spacial score (nSPS) is 20.9. The lowest BCUT2D eigenvalue weighted by atomic mass is 9.98. The predicted molar refractivity (Wildman–Crippen MR) is 75.9 cm³/mol. The zero-order valence-corrected chi connectivity index (χ0v) is 11.8. The number of methoxy groups -OCH3 is 1. The van der Waals surface area contributed by atoms with E-state index in [1.165, 1.54) is 6.42 Å². The van der Waals surface area contributed by atoms with Gasteiger partial charge in [-0.3, -0.25) is 0 Å². The fourth-order valence-electron chi connectivity index (χ4n) is 1.88. The first-order valence-electron chi connectivity index (χ1n) is 5.74. The van der Waals surface area contributed by atoms with Crippen LogP contribution in [-0.2, 0) is 5.60 Å². The Kier molecular flexibility index (Phi) is 4.28. The first kappa shape index (κ1) is 13.1. The van der Waals surface area contributed by atoms with Gasteiger partial charge in [0.05, 0.1) is 11.7 Å². The second-order valence-corrected chi connectivity index (χ2v) is 7.03. The number of hydrogen-bond donors (Lipinski definition) is 1. The van der Waals surface area contributed by atoms with Crippen LogP contribution in [0, 0.1) is 0 Å². The predicted octanol–water partition coefficient (Wildman–Crippen LogP) is 3.10. The molecule has 0 bridgehead atoms. The molecule has 1 atom stereocenters. The Morgan fingerprint density at radius 3 is 2.35 bits per heavy atom. The summed E-state index contributed by atoms with van der Waals surface area (Å²) < 4.78 is 5.36. The van der Waals surface area contributed by atoms with Gasteiger partial charge in [-0.1, -0.05) is 12.1 Å². The first-order valence-corrected chi connectivity index (χ1v) is 7.84. The van der Waals surface area contributed by atoms with Crippen molar-refractivity contribution in [3.05, 3.63) is 29.8 Å². The second-order valence-electron chi connectivity index (χ2n) is 4.30. The summed E-state index contributed by atoms with van der Waals surface area (Å²) in [6, 6.07) is 7.72. The van der Waals surface area contributed by atoms with Gasteiger partial charge in [0.15, 0.2) is 0 Å². The minimum absolute atomic E-state index is 0.227. The number of ether oxygens (including phenoxy) is 1. The Bertz CT molecular complexity index is 356. The van der Waals surface area contributed by atoms with E-state index in [0.29, 0.717) is 0 Å². The first-order chi connectivity index (χ1) is 8.14.